The molecule has 3 aromatic rings. The zero-order chi connectivity index (χ0) is 21.4. The van der Waals surface area contributed by atoms with Crippen LogP contribution in [0, 0.1) is 13.8 Å². The zero-order valence-corrected chi connectivity index (χ0v) is 18.0. The van der Waals surface area contributed by atoms with E-state index in [4.69, 9.17) is 14.2 Å². The first-order valence-corrected chi connectivity index (χ1v) is 10.9. The maximum Gasteiger partial charge on any atom is 0.230 e. The summed E-state index contributed by atoms with van der Waals surface area (Å²) in [5.41, 5.74) is 4.08. The van der Waals surface area contributed by atoms with Gasteiger partial charge in [0.1, 0.15) is 6.04 Å². The second-order valence-corrected chi connectivity index (χ2v) is 8.39. The highest BCUT2D eigenvalue weighted by Gasteiger charge is 2.38. The molecule has 0 N–H and O–H groups in total. The van der Waals surface area contributed by atoms with E-state index < -0.39 is 0 Å². The summed E-state index contributed by atoms with van der Waals surface area (Å²) in [6.45, 7) is 5.95. The molecule has 162 valence electrons. The lowest BCUT2D eigenvalue weighted by Crippen LogP contribution is -2.33. The number of para-hydroxylation sites is 1. The van der Waals surface area contributed by atoms with Gasteiger partial charge in [-0.2, -0.15) is 10.1 Å². The van der Waals surface area contributed by atoms with Gasteiger partial charge in [-0.15, -0.1) is 0 Å². The summed E-state index contributed by atoms with van der Waals surface area (Å²) < 4.78 is 13.0. The maximum absolute atomic E-state index is 13.4. The van der Waals surface area contributed by atoms with Crippen molar-refractivity contribution >= 4 is 11.6 Å². The van der Waals surface area contributed by atoms with E-state index in [0.29, 0.717) is 44.3 Å². The summed E-state index contributed by atoms with van der Waals surface area (Å²) in [5, 5.41) is 8.77. The number of benzene rings is 1. The van der Waals surface area contributed by atoms with Crippen LogP contribution in [0.4, 0.5) is 5.69 Å². The summed E-state index contributed by atoms with van der Waals surface area (Å²) in [5.74, 6) is 1.51. The molecule has 2 aliphatic rings. The Morgan fingerprint density at radius 2 is 2.00 bits per heavy atom. The van der Waals surface area contributed by atoms with Gasteiger partial charge in [-0.25, -0.2) is 0 Å². The first-order chi connectivity index (χ1) is 15.1. The van der Waals surface area contributed by atoms with E-state index in [2.05, 4.69) is 16.3 Å². The number of hydrogen-bond donors (Lipinski definition) is 0. The third kappa shape index (κ3) is 3.87. The molecular formula is C23H27N5O3. The van der Waals surface area contributed by atoms with Gasteiger partial charge in [0.25, 0.3) is 0 Å². The molecule has 1 unspecified atom stereocenters. The second kappa shape index (κ2) is 8.26. The van der Waals surface area contributed by atoms with E-state index in [9.17, 15) is 4.79 Å². The van der Waals surface area contributed by atoms with Gasteiger partial charge in [-0.1, -0.05) is 23.4 Å². The Balaban J connectivity index is 1.38. The molecule has 4 heterocycles. The highest BCUT2D eigenvalue weighted by atomic mass is 16.5. The Morgan fingerprint density at radius 3 is 2.77 bits per heavy atom. The molecule has 1 saturated heterocycles. The minimum atomic E-state index is -0.248. The molecule has 1 amide bonds. The number of carbonyl (C=O) groups is 1. The molecule has 1 atom stereocenters. The van der Waals surface area contributed by atoms with Crippen molar-refractivity contribution in [1.82, 2.24) is 19.9 Å². The average molecular weight is 422 g/mol. The molecule has 0 saturated carbocycles. The van der Waals surface area contributed by atoms with Crippen LogP contribution in [0.2, 0.25) is 0 Å². The Bertz CT molecular complexity index is 1080. The van der Waals surface area contributed by atoms with E-state index in [0.717, 1.165) is 35.5 Å². The van der Waals surface area contributed by atoms with Crippen LogP contribution in [0.5, 0.6) is 0 Å². The first-order valence-electron chi connectivity index (χ1n) is 10.9. The SMILES string of the molecule is Cc1cc(C)n(CCC(=O)N2c3ccccc3CC2c2noc(C3CCOCC3)n2)n1. The fourth-order valence-corrected chi connectivity index (χ4v) is 4.62. The summed E-state index contributed by atoms with van der Waals surface area (Å²) in [6, 6.07) is 9.81. The molecule has 8 heteroatoms. The molecule has 8 nitrogen and oxygen atoms in total. The van der Waals surface area contributed by atoms with Crippen LogP contribution in [0.3, 0.4) is 0 Å². The van der Waals surface area contributed by atoms with Crippen molar-refractivity contribution in [3.63, 3.8) is 0 Å². The minimum Gasteiger partial charge on any atom is -0.381 e. The monoisotopic (exact) mass is 421 g/mol. The molecule has 0 bridgehead atoms. The quantitative estimate of drug-likeness (QED) is 0.627. The van der Waals surface area contributed by atoms with Gasteiger partial charge in [0.2, 0.25) is 11.8 Å². The third-order valence-electron chi connectivity index (χ3n) is 6.21. The van der Waals surface area contributed by atoms with Gasteiger partial charge < -0.3 is 14.2 Å². The number of aryl methyl sites for hydroxylation is 3. The highest BCUT2D eigenvalue weighted by molar-refractivity contribution is 5.96. The Kier molecular flexibility index (Phi) is 5.31. The summed E-state index contributed by atoms with van der Waals surface area (Å²) in [6.07, 6.45) is 2.82. The number of rotatable bonds is 5. The van der Waals surface area contributed by atoms with E-state index in [1.54, 1.807) is 0 Å². The first kappa shape index (κ1) is 19.9. The summed E-state index contributed by atoms with van der Waals surface area (Å²) in [4.78, 5) is 19.9. The van der Waals surface area contributed by atoms with E-state index in [1.165, 1.54) is 0 Å². The van der Waals surface area contributed by atoms with Crippen LogP contribution < -0.4 is 4.90 Å². The largest absolute Gasteiger partial charge is 0.381 e. The Morgan fingerprint density at radius 1 is 1.19 bits per heavy atom. The molecule has 1 aromatic carbocycles. The van der Waals surface area contributed by atoms with Crippen LogP contribution in [0.15, 0.2) is 34.9 Å². The van der Waals surface area contributed by atoms with Crippen LogP contribution in [-0.2, 0) is 22.5 Å². The van der Waals surface area contributed by atoms with E-state index >= 15 is 0 Å². The van der Waals surface area contributed by atoms with Crippen LogP contribution in [0.25, 0.3) is 0 Å². The van der Waals surface area contributed by atoms with Crippen molar-refractivity contribution in [3.8, 4) is 0 Å². The van der Waals surface area contributed by atoms with Gasteiger partial charge >= 0.3 is 0 Å². The fraction of sp³-hybridized carbons (Fsp3) is 0.478. The average Bonchev–Trinajstić information content (AvgIpc) is 3.49. The van der Waals surface area contributed by atoms with Gasteiger partial charge in [-0.05, 0) is 44.4 Å². The minimum absolute atomic E-state index is 0.0416. The third-order valence-corrected chi connectivity index (χ3v) is 6.21. The maximum atomic E-state index is 13.4. The molecule has 1 fully saturated rings. The zero-order valence-electron chi connectivity index (χ0n) is 18.0. The van der Waals surface area contributed by atoms with Crippen LogP contribution >= 0.6 is 0 Å². The number of nitrogens with zero attached hydrogens (tertiary/aromatic N) is 5. The molecule has 0 aliphatic carbocycles. The van der Waals surface area contributed by atoms with Gasteiger partial charge in [0.05, 0.1) is 5.69 Å². The number of ether oxygens (including phenoxy) is 1. The molecule has 2 aliphatic heterocycles. The summed E-state index contributed by atoms with van der Waals surface area (Å²) >= 11 is 0. The van der Waals surface area contributed by atoms with Crippen LogP contribution in [0.1, 0.15) is 59.9 Å². The van der Waals surface area contributed by atoms with Crippen molar-refractivity contribution in [2.24, 2.45) is 0 Å². The Labute approximate surface area is 181 Å². The number of carbonyl (C=O) groups excluding carboxylic acids is 1. The summed E-state index contributed by atoms with van der Waals surface area (Å²) in [7, 11) is 0. The van der Waals surface area contributed by atoms with Gasteiger partial charge in [0, 0.05) is 49.9 Å². The topological polar surface area (TPSA) is 86.3 Å². The molecular weight excluding hydrogens is 394 g/mol. The molecule has 5 rings (SSSR count). The van der Waals surface area contributed by atoms with Gasteiger partial charge in [0.15, 0.2) is 5.82 Å². The predicted octanol–water partition coefficient (Wildman–Crippen LogP) is 3.50. The second-order valence-electron chi connectivity index (χ2n) is 8.39. The lowest BCUT2D eigenvalue weighted by molar-refractivity contribution is -0.119. The van der Waals surface area contributed by atoms with Crippen molar-refractivity contribution in [3.05, 3.63) is 59.0 Å². The lowest BCUT2D eigenvalue weighted by atomic mass is 10.0. The molecule has 2 aromatic heterocycles. The Hall–Kier alpha value is -3.00. The van der Waals surface area contributed by atoms with E-state index in [1.807, 2.05) is 47.7 Å². The number of amides is 1. The van der Waals surface area contributed by atoms with Crippen molar-refractivity contribution in [2.75, 3.05) is 18.1 Å². The number of aromatic nitrogens is 4. The highest BCUT2D eigenvalue weighted by Crippen LogP contribution is 2.40. The van der Waals surface area contributed by atoms with Crippen molar-refractivity contribution in [2.45, 2.75) is 58.0 Å². The predicted molar refractivity (Wildman–Crippen MR) is 114 cm³/mol. The number of fused-ring (bicyclic) bond motifs is 1. The van der Waals surface area contributed by atoms with E-state index in [-0.39, 0.29) is 17.9 Å². The van der Waals surface area contributed by atoms with Crippen molar-refractivity contribution in [1.29, 1.82) is 0 Å². The lowest BCUT2D eigenvalue weighted by Gasteiger charge is -2.23. The number of anilines is 1. The van der Waals surface area contributed by atoms with Gasteiger partial charge in [-0.3, -0.25) is 9.48 Å². The molecule has 0 radical (unpaired) electrons. The fourth-order valence-electron chi connectivity index (χ4n) is 4.62. The molecule has 0 spiro atoms. The van der Waals surface area contributed by atoms with Crippen molar-refractivity contribution < 1.29 is 14.1 Å². The standard InChI is InChI=1S/C23H27N5O3/c1-15-13-16(2)27(25-15)10-7-21(29)28-19-6-4-3-5-18(19)14-20(28)22-24-23(31-26-22)17-8-11-30-12-9-17/h3-6,13,17,20H,7-12,14H2,1-2H3. The smallest absolute Gasteiger partial charge is 0.230 e. The normalized spacial score (nSPS) is 19.0. The number of hydrogen-bond acceptors (Lipinski definition) is 6. The van der Waals surface area contributed by atoms with Crippen LogP contribution in [-0.4, -0.2) is 39.0 Å². The molecule has 31 heavy (non-hydrogen) atoms.